The average Bonchev–Trinajstić information content (AvgIpc) is 2.86. The smallest absolute Gasteiger partial charge is 0.364 e. The van der Waals surface area contributed by atoms with Crippen molar-refractivity contribution in [2.75, 3.05) is 18.4 Å². The minimum Gasteiger partial charge on any atom is -0.368 e. The van der Waals surface area contributed by atoms with Gasteiger partial charge in [0, 0.05) is 6.54 Å². The fourth-order valence-electron chi connectivity index (χ4n) is 3.00. The summed E-state index contributed by atoms with van der Waals surface area (Å²) in [6.07, 6.45) is 4.99. The number of anilines is 1. The van der Waals surface area contributed by atoms with Crippen molar-refractivity contribution in [1.82, 2.24) is 19.8 Å². The van der Waals surface area contributed by atoms with Crippen LogP contribution in [0.4, 0.5) is 5.82 Å². The van der Waals surface area contributed by atoms with Crippen molar-refractivity contribution >= 4 is 11.5 Å². The lowest BCUT2D eigenvalue weighted by molar-refractivity contribution is 0.255. The van der Waals surface area contributed by atoms with E-state index in [1.54, 1.807) is 6.07 Å². The summed E-state index contributed by atoms with van der Waals surface area (Å²) in [6.45, 7) is 1.60. The minimum atomic E-state index is -0.318. The van der Waals surface area contributed by atoms with Crippen LogP contribution in [0.2, 0.25) is 0 Å². The first-order valence-electron chi connectivity index (χ1n) is 7.16. The summed E-state index contributed by atoms with van der Waals surface area (Å²) in [5.41, 5.74) is 6.05. The summed E-state index contributed by atoms with van der Waals surface area (Å²) < 4.78 is 1.27. The molecule has 1 saturated carbocycles. The van der Waals surface area contributed by atoms with Gasteiger partial charge in [0.05, 0.1) is 0 Å². The van der Waals surface area contributed by atoms with Gasteiger partial charge in [-0.1, -0.05) is 12.8 Å². The molecule has 0 bridgehead atoms. The quantitative estimate of drug-likeness (QED) is 0.759. The molecule has 0 saturated heterocycles. The Morgan fingerprint density at radius 3 is 2.95 bits per heavy atom. The first kappa shape index (κ1) is 13.1. The van der Waals surface area contributed by atoms with Crippen LogP contribution in [-0.4, -0.2) is 32.9 Å². The Kier molecular flexibility index (Phi) is 3.68. The molecule has 2 heterocycles. The maximum Gasteiger partial charge on any atom is 0.364 e. The van der Waals surface area contributed by atoms with E-state index in [0.29, 0.717) is 23.3 Å². The van der Waals surface area contributed by atoms with Crippen molar-refractivity contribution in [3.05, 3.63) is 22.6 Å². The Balaban J connectivity index is 1.69. The van der Waals surface area contributed by atoms with Gasteiger partial charge in [0.2, 0.25) is 0 Å². The molecule has 1 fully saturated rings. The summed E-state index contributed by atoms with van der Waals surface area (Å²) in [5.74, 6) is 1.88. The van der Waals surface area contributed by atoms with Gasteiger partial charge in [0.25, 0.3) is 0 Å². The van der Waals surface area contributed by atoms with Crippen molar-refractivity contribution < 1.29 is 0 Å². The maximum absolute atomic E-state index is 11.5. The molecule has 7 nitrogen and oxygen atoms in total. The molecule has 108 valence electrons. The van der Waals surface area contributed by atoms with Crippen molar-refractivity contribution in [2.45, 2.75) is 25.7 Å². The van der Waals surface area contributed by atoms with E-state index in [2.05, 4.69) is 20.6 Å². The summed E-state index contributed by atoms with van der Waals surface area (Å²) in [4.78, 5) is 11.5. The van der Waals surface area contributed by atoms with Crippen LogP contribution < -0.4 is 16.7 Å². The van der Waals surface area contributed by atoms with Gasteiger partial charge in [-0.3, -0.25) is 0 Å². The molecule has 1 aliphatic carbocycles. The van der Waals surface area contributed by atoms with Gasteiger partial charge in [0.15, 0.2) is 5.65 Å². The number of hydrogen-bond acceptors (Lipinski definition) is 5. The lowest BCUT2D eigenvalue weighted by Crippen LogP contribution is -2.31. The third-order valence-corrected chi connectivity index (χ3v) is 4.19. The minimum absolute atomic E-state index is 0.318. The van der Waals surface area contributed by atoms with E-state index in [-0.39, 0.29) is 5.69 Å². The van der Waals surface area contributed by atoms with Crippen LogP contribution in [0.1, 0.15) is 25.7 Å². The second-order valence-electron chi connectivity index (χ2n) is 5.44. The van der Waals surface area contributed by atoms with E-state index >= 15 is 0 Å². The zero-order valence-corrected chi connectivity index (χ0v) is 11.4. The third kappa shape index (κ3) is 2.53. The second kappa shape index (κ2) is 5.62. The van der Waals surface area contributed by atoms with Crippen molar-refractivity contribution in [3.63, 3.8) is 0 Å². The number of rotatable bonds is 4. The number of aromatic amines is 1. The predicted molar refractivity (Wildman–Crippen MR) is 76.6 cm³/mol. The molecule has 0 aromatic carbocycles. The molecule has 0 amide bonds. The largest absolute Gasteiger partial charge is 0.368 e. The molecular weight excluding hydrogens is 256 g/mol. The molecule has 7 heteroatoms. The van der Waals surface area contributed by atoms with Gasteiger partial charge < -0.3 is 11.1 Å². The van der Waals surface area contributed by atoms with Crippen molar-refractivity contribution in [2.24, 2.45) is 17.6 Å². The number of fused-ring (bicyclic) bond motifs is 1. The molecule has 0 spiro atoms. The normalized spacial score (nSPS) is 23.1. The zero-order valence-electron chi connectivity index (χ0n) is 11.4. The van der Waals surface area contributed by atoms with Gasteiger partial charge in [-0.15, -0.1) is 5.10 Å². The summed E-state index contributed by atoms with van der Waals surface area (Å²) in [5, 5.41) is 13.8. The Hall–Kier alpha value is -1.89. The molecular formula is C13H20N6O. The van der Waals surface area contributed by atoms with E-state index in [1.165, 1.54) is 30.2 Å². The van der Waals surface area contributed by atoms with E-state index in [0.717, 1.165) is 13.1 Å². The van der Waals surface area contributed by atoms with Gasteiger partial charge >= 0.3 is 5.69 Å². The molecule has 3 rings (SSSR count). The lowest BCUT2D eigenvalue weighted by atomic mass is 9.79. The SMILES string of the molecule is NCC1CCCCC1CNc1ccc2n[nH]c(=O)n2n1. The van der Waals surface area contributed by atoms with Crippen LogP contribution >= 0.6 is 0 Å². The first-order chi connectivity index (χ1) is 9.78. The Morgan fingerprint density at radius 1 is 1.35 bits per heavy atom. The van der Waals surface area contributed by atoms with Crippen LogP contribution in [0.3, 0.4) is 0 Å². The Bertz CT molecular complexity index is 633. The fraction of sp³-hybridized carbons (Fsp3) is 0.615. The third-order valence-electron chi connectivity index (χ3n) is 4.19. The molecule has 0 aliphatic heterocycles. The average molecular weight is 276 g/mol. The van der Waals surface area contributed by atoms with E-state index in [9.17, 15) is 4.79 Å². The zero-order chi connectivity index (χ0) is 13.9. The van der Waals surface area contributed by atoms with Crippen LogP contribution in [0, 0.1) is 11.8 Å². The highest BCUT2D eigenvalue weighted by Crippen LogP contribution is 2.29. The topological polar surface area (TPSA) is 101 Å². The lowest BCUT2D eigenvalue weighted by Gasteiger charge is -2.30. The molecule has 20 heavy (non-hydrogen) atoms. The molecule has 2 atom stereocenters. The maximum atomic E-state index is 11.5. The van der Waals surface area contributed by atoms with E-state index in [1.807, 2.05) is 6.07 Å². The Labute approximate surface area is 116 Å². The summed E-state index contributed by atoms with van der Waals surface area (Å²) in [7, 11) is 0. The second-order valence-corrected chi connectivity index (χ2v) is 5.44. The van der Waals surface area contributed by atoms with Gasteiger partial charge in [0.1, 0.15) is 5.82 Å². The van der Waals surface area contributed by atoms with Gasteiger partial charge in [-0.25, -0.2) is 9.89 Å². The van der Waals surface area contributed by atoms with Crippen LogP contribution in [0.25, 0.3) is 5.65 Å². The number of nitrogens with one attached hydrogen (secondary N) is 2. The number of nitrogens with zero attached hydrogens (tertiary/aromatic N) is 3. The predicted octanol–water partition coefficient (Wildman–Crippen LogP) is 0.595. The highest BCUT2D eigenvalue weighted by molar-refractivity contribution is 5.42. The van der Waals surface area contributed by atoms with E-state index < -0.39 is 0 Å². The number of hydrogen-bond donors (Lipinski definition) is 3. The molecule has 2 unspecified atom stereocenters. The van der Waals surface area contributed by atoms with Crippen LogP contribution in [-0.2, 0) is 0 Å². The molecule has 2 aromatic heterocycles. The molecule has 2 aromatic rings. The standard InChI is InChI=1S/C13H20N6O/c14-7-9-3-1-2-4-10(9)8-15-11-5-6-12-16-17-13(20)19(12)18-11/h5-6,9-10H,1-4,7-8,14H2,(H,15,18)(H,17,20). The highest BCUT2D eigenvalue weighted by Gasteiger charge is 2.23. The molecule has 0 radical (unpaired) electrons. The first-order valence-corrected chi connectivity index (χ1v) is 7.16. The fourth-order valence-corrected chi connectivity index (χ4v) is 3.00. The van der Waals surface area contributed by atoms with Gasteiger partial charge in [-0.05, 0) is 43.4 Å². The Morgan fingerprint density at radius 2 is 2.15 bits per heavy atom. The monoisotopic (exact) mass is 276 g/mol. The van der Waals surface area contributed by atoms with Crippen molar-refractivity contribution in [1.29, 1.82) is 0 Å². The number of H-pyrrole nitrogens is 1. The van der Waals surface area contributed by atoms with E-state index in [4.69, 9.17) is 5.73 Å². The van der Waals surface area contributed by atoms with Gasteiger partial charge in [-0.2, -0.15) is 9.61 Å². The van der Waals surface area contributed by atoms with Crippen LogP contribution in [0.15, 0.2) is 16.9 Å². The summed E-state index contributed by atoms with van der Waals surface area (Å²) >= 11 is 0. The highest BCUT2D eigenvalue weighted by atomic mass is 16.2. The summed E-state index contributed by atoms with van der Waals surface area (Å²) in [6, 6.07) is 3.62. The molecule has 1 aliphatic rings. The molecule has 4 N–H and O–H groups in total. The van der Waals surface area contributed by atoms with Crippen LogP contribution in [0.5, 0.6) is 0 Å². The van der Waals surface area contributed by atoms with Crippen molar-refractivity contribution in [3.8, 4) is 0 Å². The number of nitrogens with two attached hydrogens (primary N) is 1. The number of aromatic nitrogens is 4.